The van der Waals surface area contributed by atoms with Gasteiger partial charge in [0.1, 0.15) is 0 Å². The van der Waals surface area contributed by atoms with E-state index in [4.69, 9.17) is 11.5 Å². The van der Waals surface area contributed by atoms with Gasteiger partial charge in [-0.1, -0.05) is 0 Å². The fourth-order valence-electron chi connectivity index (χ4n) is 1.18. The zero-order chi connectivity index (χ0) is 9.78. The molecule has 12 heavy (non-hydrogen) atoms. The molecule has 0 amide bonds. The summed E-state index contributed by atoms with van der Waals surface area (Å²) in [7, 11) is 0. The molecule has 0 fully saturated rings. The second kappa shape index (κ2) is 4.77. The Morgan fingerprint density at radius 3 is 1.92 bits per heavy atom. The zero-order valence-corrected chi connectivity index (χ0v) is 7.83. The molecule has 2 atom stereocenters. The summed E-state index contributed by atoms with van der Waals surface area (Å²) in [5.41, 5.74) is 10.2. The molecule has 0 saturated carbocycles. The van der Waals surface area contributed by atoms with E-state index in [1.54, 1.807) is 13.8 Å². The van der Waals surface area contributed by atoms with Crippen LogP contribution in [0.15, 0.2) is 0 Å². The van der Waals surface area contributed by atoms with Gasteiger partial charge in [0.25, 0.3) is 0 Å². The lowest BCUT2D eigenvalue weighted by molar-refractivity contribution is 0.00197. The average molecular weight is 176 g/mol. The minimum Gasteiger partial charge on any atom is -0.391 e. The van der Waals surface area contributed by atoms with Crippen molar-refractivity contribution in [3.63, 3.8) is 0 Å². The molecule has 0 heterocycles. The van der Waals surface area contributed by atoms with Gasteiger partial charge in [-0.25, -0.2) is 0 Å². The van der Waals surface area contributed by atoms with Gasteiger partial charge in [0.15, 0.2) is 0 Å². The number of aliphatic hydroxyl groups excluding tert-OH is 2. The maximum Gasteiger partial charge on any atom is 0.0716 e. The summed E-state index contributed by atoms with van der Waals surface area (Å²) in [5.74, 6) is 0. The van der Waals surface area contributed by atoms with Crippen molar-refractivity contribution >= 4 is 0 Å². The number of nitrogens with two attached hydrogens (primary N) is 2. The second-order valence-corrected chi connectivity index (χ2v) is 3.36. The van der Waals surface area contributed by atoms with Crippen LogP contribution in [0.3, 0.4) is 0 Å². The normalized spacial score (nSPS) is 21.5. The number of rotatable bonds is 5. The largest absolute Gasteiger partial charge is 0.391 e. The first-order valence-corrected chi connectivity index (χ1v) is 4.30. The topological polar surface area (TPSA) is 92.5 Å². The van der Waals surface area contributed by atoms with Crippen LogP contribution < -0.4 is 11.5 Å². The highest BCUT2D eigenvalue weighted by molar-refractivity contribution is 4.93. The number of hydrogen-bond acceptors (Lipinski definition) is 4. The first-order chi connectivity index (χ1) is 5.45. The fraction of sp³-hybridized carbons (Fsp3) is 1.00. The van der Waals surface area contributed by atoms with E-state index < -0.39 is 17.7 Å². The van der Waals surface area contributed by atoms with E-state index in [0.717, 1.165) is 0 Å². The molecule has 4 nitrogen and oxygen atoms in total. The lowest BCUT2D eigenvalue weighted by Gasteiger charge is -2.35. The molecular formula is C8H20N2O2. The third-order valence-electron chi connectivity index (χ3n) is 2.37. The van der Waals surface area contributed by atoms with Gasteiger partial charge in [0, 0.05) is 0 Å². The monoisotopic (exact) mass is 176 g/mol. The highest BCUT2D eigenvalue weighted by atomic mass is 16.3. The van der Waals surface area contributed by atoms with Crippen molar-refractivity contribution in [1.29, 1.82) is 0 Å². The van der Waals surface area contributed by atoms with Crippen LogP contribution in [0, 0.1) is 0 Å². The van der Waals surface area contributed by atoms with E-state index in [1.165, 1.54) is 0 Å². The Bertz CT molecular complexity index is 118. The van der Waals surface area contributed by atoms with Crippen molar-refractivity contribution in [2.24, 2.45) is 11.5 Å². The molecule has 0 spiro atoms. The lowest BCUT2D eigenvalue weighted by atomic mass is 9.84. The van der Waals surface area contributed by atoms with E-state index in [0.29, 0.717) is 19.4 Å². The molecule has 0 aliphatic heterocycles. The van der Waals surface area contributed by atoms with Crippen molar-refractivity contribution < 1.29 is 10.2 Å². The van der Waals surface area contributed by atoms with Gasteiger partial charge >= 0.3 is 0 Å². The van der Waals surface area contributed by atoms with Crippen LogP contribution >= 0.6 is 0 Å². The molecule has 0 rings (SSSR count). The second-order valence-electron chi connectivity index (χ2n) is 3.36. The Morgan fingerprint density at radius 1 is 1.25 bits per heavy atom. The van der Waals surface area contributed by atoms with E-state index in [9.17, 15) is 10.2 Å². The summed E-state index contributed by atoms with van der Waals surface area (Å²) < 4.78 is 0. The predicted octanol–water partition coefficient (Wildman–Crippen LogP) is -0.816. The van der Waals surface area contributed by atoms with Gasteiger partial charge < -0.3 is 21.7 Å². The van der Waals surface area contributed by atoms with Crippen LogP contribution in [0.2, 0.25) is 0 Å². The minimum absolute atomic E-state index is 0.526. The standard InChI is InChI=1S/C8H20N2O2/c1-6(11)8(10,7(2)12)4-3-5-9/h6-7,11-12H,3-5,9-10H2,1-2H3. The third kappa shape index (κ3) is 2.71. The highest BCUT2D eigenvalue weighted by Gasteiger charge is 2.34. The van der Waals surface area contributed by atoms with Crippen LogP contribution in [0.1, 0.15) is 26.7 Å². The summed E-state index contributed by atoms with van der Waals surface area (Å²) >= 11 is 0. The smallest absolute Gasteiger partial charge is 0.0716 e. The lowest BCUT2D eigenvalue weighted by Crippen LogP contribution is -2.57. The highest BCUT2D eigenvalue weighted by Crippen LogP contribution is 2.18. The molecule has 0 saturated heterocycles. The Labute approximate surface area is 73.6 Å². The van der Waals surface area contributed by atoms with Crippen molar-refractivity contribution in [2.45, 2.75) is 44.4 Å². The minimum atomic E-state index is -0.917. The molecule has 74 valence electrons. The molecule has 4 heteroatoms. The molecule has 0 aromatic rings. The van der Waals surface area contributed by atoms with E-state index in [-0.39, 0.29) is 0 Å². The molecular weight excluding hydrogens is 156 g/mol. The molecule has 6 N–H and O–H groups in total. The van der Waals surface area contributed by atoms with Crippen molar-refractivity contribution in [1.82, 2.24) is 0 Å². The van der Waals surface area contributed by atoms with Crippen LogP contribution in [0.25, 0.3) is 0 Å². The van der Waals surface area contributed by atoms with Crippen LogP contribution in [0.5, 0.6) is 0 Å². The summed E-state index contributed by atoms with van der Waals surface area (Å²) in [6, 6.07) is 0. The maximum atomic E-state index is 9.34. The van der Waals surface area contributed by atoms with Gasteiger partial charge in [-0.05, 0) is 33.2 Å². The average Bonchev–Trinajstić information content (AvgIpc) is 1.99. The molecule has 0 aromatic carbocycles. The van der Waals surface area contributed by atoms with Crippen molar-refractivity contribution in [3.8, 4) is 0 Å². The van der Waals surface area contributed by atoms with E-state index in [1.807, 2.05) is 0 Å². The first-order valence-electron chi connectivity index (χ1n) is 4.30. The third-order valence-corrected chi connectivity index (χ3v) is 2.37. The Morgan fingerprint density at radius 2 is 1.67 bits per heavy atom. The van der Waals surface area contributed by atoms with Crippen LogP contribution in [0.4, 0.5) is 0 Å². The molecule has 0 radical (unpaired) electrons. The fourth-order valence-corrected chi connectivity index (χ4v) is 1.18. The first kappa shape index (κ1) is 11.8. The Hall–Kier alpha value is -0.160. The Kier molecular flexibility index (Phi) is 4.70. The number of aliphatic hydroxyl groups is 2. The van der Waals surface area contributed by atoms with Crippen LogP contribution in [-0.2, 0) is 0 Å². The maximum absolute atomic E-state index is 9.34. The van der Waals surface area contributed by atoms with E-state index in [2.05, 4.69) is 0 Å². The quantitative estimate of drug-likeness (QED) is 0.440. The zero-order valence-electron chi connectivity index (χ0n) is 7.83. The van der Waals surface area contributed by atoms with Crippen LogP contribution in [-0.4, -0.2) is 34.5 Å². The van der Waals surface area contributed by atoms with Gasteiger partial charge in [-0.15, -0.1) is 0 Å². The molecule has 0 aromatic heterocycles. The summed E-state index contributed by atoms with van der Waals surface area (Å²) in [6.07, 6.45) is -0.182. The van der Waals surface area contributed by atoms with Gasteiger partial charge in [0.05, 0.1) is 17.7 Å². The summed E-state index contributed by atoms with van der Waals surface area (Å²) in [6.45, 7) is 3.70. The van der Waals surface area contributed by atoms with Crippen molar-refractivity contribution in [3.05, 3.63) is 0 Å². The van der Waals surface area contributed by atoms with Gasteiger partial charge in [-0.3, -0.25) is 0 Å². The Balaban J connectivity index is 4.19. The van der Waals surface area contributed by atoms with E-state index >= 15 is 0 Å². The SMILES string of the molecule is CC(O)C(N)(CCCN)C(C)O. The molecule has 0 aliphatic rings. The summed E-state index contributed by atoms with van der Waals surface area (Å²) in [4.78, 5) is 0. The molecule has 0 bridgehead atoms. The molecule has 2 unspecified atom stereocenters. The number of hydrogen-bond donors (Lipinski definition) is 4. The molecule has 0 aliphatic carbocycles. The van der Waals surface area contributed by atoms with Gasteiger partial charge in [0.2, 0.25) is 0 Å². The van der Waals surface area contributed by atoms with Crippen molar-refractivity contribution in [2.75, 3.05) is 6.54 Å². The predicted molar refractivity (Wildman–Crippen MR) is 48.6 cm³/mol. The summed E-state index contributed by atoms with van der Waals surface area (Å²) in [5, 5.41) is 18.7. The van der Waals surface area contributed by atoms with Gasteiger partial charge in [-0.2, -0.15) is 0 Å².